The topological polar surface area (TPSA) is 63.2 Å². The van der Waals surface area contributed by atoms with E-state index in [0.717, 1.165) is 16.4 Å². The first-order valence-corrected chi connectivity index (χ1v) is 6.69. The zero-order valence-corrected chi connectivity index (χ0v) is 11.6. The van der Waals surface area contributed by atoms with Gasteiger partial charge in [0.05, 0.1) is 12.3 Å². The Balaban J connectivity index is 1.91. The molecule has 2 aromatic rings. The molecule has 1 aromatic carbocycles. The first-order valence-electron chi connectivity index (χ1n) is 5.91. The lowest BCUT2D eigenvalue weighted by Crippen LogP contribution is -2.18. The summed E-state index contributed by atoms with van der Waals surface area (Å²) in [6, 6.07) is 8.76. The van der Waals surface area contributed by atoms with Gasteiger partial charge in [-0.1, -0.05) is 0 Å². The van der Waals surface area contributed by atoms with Crippen LogP contribution in [0.25, 0.3) is 0 Å². The predicted octanol–water partition coefficient (Wildman–Crippen LogP) is 3.49. The van der Waals surface area contributed by atoms with Crippen molar-refractivity contribution in [3.05, 3.63) is 36.0 Å². The van der Waals surface area contributed by atoms with E-state index in [4.69, 9.17) is 4.74 Å². The molecule has 0 aliphatic rings. The number of carbonyl (C=O) groups is 1. The summed E-state index contributed by atoms with van der Waals surface area (Å²) in [5.74, 6) is 0.784. The van der Waals surface area contributed by atoms with Gasteiger partial charge in [0.25, 0.3) is 0 Å². The highest BCUT2D eigenvalue weighted by Crippen LogP contribution is 2.18. The molecule has 2 amide bonds. The molecule has 0 saturated carbocycles. The number of aromatic nitrogens is 1. The SMILES string of the molecule is CCOc1ccc(NC(=O)Nc2cc(C)ns2)cc1. The molecular weight excluding hydrogens is 262 g/mol. The maximum atomic E-state index is 11.7. The molecule has 2 N–H and O–H groups in total. The largest absolute Gasteiger partial charge is 0.494 e. The number of rotatable bonds is 4. The number of nitrogens with zero attached hydrogens (tertiary/aromatic N) is 1. The maximum Gasteiger partial charge on any atom is 0.324 e. The maximum absolute atomic E-state index is 11.7. The molecule has 1 aromatic heterocycles. The van der Waals surface area contributed by atoms with Crippen LogP contribution in [0.3, 0.4) is 0 Å². The van der Waals surface area contributed by atoms with Gasteiger partial charge in [-0.2, -0.15) is 4.37 Å². The summed E-state index contributed by atoms with van der Waals surface area (Å²) in [6.45, 7) is 4.43. The highest BCUT2D eigenvalue weighted by Gasteiger charge is 2.05. The van der Waals surface area contributed by atoms with Crippen LogP contribution in [0.5, 0.6) is 5.75 Å². The normalized spacial score (nSPS) is 10.0. The highest BCUT2D eigenvalue weighted by atomic mass is 32.1. The van der Waals surface area contributed by atoms with Gasteiger partial charge in [0.15, 0.2) is 0 Å². The number of hydrogen-bond donors (Lipinski definition) is 2. The first-order chi connectivity index (χ1) is 9.17. The predicted molar refractivity (Wildman–Crippen MR) is 77.1 cm³/mol. The van der Waals surface area contributed by atoms with Gasteiger partial charge in [-0.25, -0.2) is 4.79 Å². The summed E-state index contributed by atoms with van der Waals surface area (Å²) in [6.07, 6.45) is 0. The number of anilines is 2. The molecule has 19 heavy (non-hydrogen) atoms. The lowest BCUT2D eigenvalue weighted by molar-refractivity contribution is 0.262. The van der Waals surface area contributed by atoms with E-state index in [-0.39, 0.29) is 6.03 Å². The van der Waals surface area contributed by atoms with E-state index in [1.54, 1.807) is 12.1 Å². The van der Waals surface area contributed by atoms with Crippen LogP contribution in [0.1, 0.15) is 12.6 Å². The van der Waals surface area contributed by atoms with Crippen LogP contribution in [-0.2, 0) is 0 Å². The second-order valence-corrected chi connectivity index (χ2v) is 4.67. The van der Waals surface area contributed by atoms with Gasteiger partial charge in [-0.3, -0.25) is 5.32 Å². The molecule has 0 saturated heterocycles. The van der Waals surface area contributed by atoms with Crippen molar-refractivity contribution in [1.29, 1.82) is 0 Å². The van der Waals surface area contributed by atoms with Crippen LogP contribution in [0.15, 0.2) is 30.3 Å². The first kappa shape index (κ1) is 13.4. The molecule has 0 bridgehead atoms. The van der Waals surface area contributed by atoms with Gasteiger partial charge in [0.2, 0.25) is 0 Å². The smallest absolute Gasteiger partial charge is 0.324 e. The van der Waals surface area contributed by atoms with Crippen molar-refractivity contribution in [2.24, 2.45) is 0 Å². The minimum Gasteiger partial charge on any atom is -0.494 e. The zero-order valence-electron chi connectivity index (χ0n) is 10.8. The summed E-state index contributed by atoms with van der Waals surface area (Å²) in [5.41, 5.74) is 1.60. The highest BCUT2D eigenvalue weighted by molar-refractivity contribution is 7.10. The summed E-state index contributed by atoms with van der Waals surface area (Å²) in [4.78, 5) is 11.7. The molecule has 0 aliphatic carbocycles. The van der Waals surface area contributed by atoms with E-state index in [0.29, 0.717) is 12.3 Å². The van der Waals surface area contributed by atoms with Gasteiger partial charge < -0.3 is 10.1 Å². The van der Waals surface area contributed by atoms with Crippen LogP contribution >= 0.6 is 11.5 Å². The molecule has 100 valence electrons. The van der Waals surface area contributed by atoms with E-state index in [2.05, 4.69) is 15.0 Å². The van der Waals surface area contributed by atoms with Gasteiger partial charge in [-0.15, -0.1) is 0 Å². The number of aryl methyl sites for hydroxylation is 1. The zero-order chi connectivity index (χ0) is 13.7. The molecular formula is C13H15N3O2S. The minimum atomic E-state index is -0.284. The molecule has 0 aliphatic heterocycles. The average Bonchev–Trinajstić information content (AvgIpc) is 2.77. The number of hydrogen-bond acceptors (Lipinski definition) is 4. The number of carbonyl (C=O) groups excluding carboxylic acids is 1. The third-order valence-electron chi connectivity index (χ3n) is 2.29. The lowest BCUT2D eigenvalue weighted by atomic mass is 10.3. The fourth-order valence-corrected chi connectivity index (χ4v) is 2.15. The van der Waals surface area contributed by atoms with E-state index >= 15 is 0 Å². The average molecular weight is 277 g/mol. The van der Waals surface area contributed by atoms with Gasteiger partial charge in [0.1, 0.15) is 10.8 Å². The Morgan fingerprint density at radius 1 is 1.32 bits per heavy atom. The standard InChI is InChI=1S/C13H15N3O2S/c1-3-18-11-6-4-10(5-7-11)14-13(17)15-12-8-9(2)16-19-12/h4-8H,3H2,1-2H3,(H2,14,15,17). The fraction of sp³-hybridized carbons (Fsp3) is 0.231. The number of nitrogens with one attached hydrogen (secondary N) is 2. The van der Waals surface area contributed by atoms with Crippen LogP contribution in [0, 0.1) is 6.92 Å². The molecule has 0 unspecified atom stereocenters. The number of benzene rings is 1. The summed E-state index contributed by atoms with van der Waals surface area (Å²) < 4.78 is 9.42. The van der Waals surface area contributed by atoms with Gasteiger partial charge in [0, 0.05) is 5.69 Å². The van der Waals surface area contributed by atoms with Crippen LogP contribution in [0.2, 0.25) is 0 Å². The third kappa shape index (κ3) is 3.96. The number of amides is 2. The van der Waals surface area contributed by atoms with Crippen molar-refractivity contribution in [3.63, 3.8) is 0 Å². The van der Waals surface area contributed by atoms with Gasteiger partial charge >= 0.3 is 6.03 Å². The van der Waals surface area contributed by atoms with Crippen molar-refractivity contribution < 1.29 is 9.53 Å². The molecule has 0 atom stereocenters. The second-order valence-electron chi connectivity index (χ2n) is 3.87. The van der Waals surface area contributed by atoms with E-state index in [1.807, 2.05) is 32.0 Å². The van der Waals surface area contributed by atoms with Crippen molar-refractivity contribution in [3.8, 4) is 5.75 Å². The van der Waals surface area contributed by atoms with E-state index in [9.17, 15) is 4.79 Å². The molecule has 0 fully saturated rings. The van der Waals surface area contributed by atoms with Gasteiger partial charge in [-0.05, 0) is 55.7 Å². The second kappa shape index (κ2) is 6.19. The Kier molecular flexibility index (Phi) is 4.35. The molecule has 2 rings (SSSR count). The quantitative estimate of drug-likeness (QED) is 0.899. The van der Waals surface area contributed by atoms with Crippen molar-refractivity contribution in [2.45, 2.75) is 13.8 Å². The van der Waals surface area contributed by atoms with Crippen molar-refractivity contribution in [2.75, 3.05) is 17.2 Å². The fourth-order valence-electron chi connectivity index (χ4n) is 1.50. The van der Waals surface area contributed by atoms with Crippen LogP contribution < -0.4 is 15.4 Å². The van der Waals surface area contributed by atoms with Crippen molar-refractivity contribution in [1.82, 2.24) is 4.37 Å². The molecule has 0 spiro atoms. The van der Waals surface area contributed by atoms with E-state index in [1.165, 1.54) is 11.5 Å². The Morgan fingerprint density at radius 2 is 2.05 bits per heavy atom. The molecule has 5 nitrogen and oxygen atoms in total. The Bertz CT molecular complexity index is 551. The molecule has 1 heterocycles. The summed E-state index contributed by atoms with van der Waals surface area (Å²) in [7, 11) is 0. The summed E-state index contributed by atoms with van der Waals surface area (Å²) in [5, 5.41) is 6.19. The Hall–Kier alpha value is -2.08. The minimum absolute atomic E-state index is 0.284. The van der Waals surface area contributed by atoms with Crippen LogP contribution in [-0.4, -0.2) is 17.0 Å². The Morgan fingerprint density at radius 3 is 2.63 bits per heavy atom. The van der Waals surface area contributed by atoms with Crippen molar-refractivity contribution >= 4 is 28.3 Å². The lowest BCUT2D eigenvalue weighted by Gasteiger charge is -2.07. The Labute approximate surface area is 115 Å². The molecule has 6 heteroatoms. The molecule has 0 radical (unpaired) electrons. The monoisotopic (exact) mass is 277 g/mol. The summed E-state index contributed by atoms with van der Waals surface area (Å²) >= 11 is 1.26. The third-order valence-corrected chi connectivity index (χ3v) is 3.08. The van der Waals surface area contributed by atoms with Crippen LogP contribution in [0.4, 0.5) is 15.5 Å². The number of ether oxygens (including phenoxy) is 1. The van der Waals surface area contributed by atoms with E-state index < -0.39 is 0 Å². The number of urea groups is 1.